The first-order chi connectivity index (χ1) is 14.1. The second-order valence-corrected chi connectivity index (χ2v) is 9.01. The molecule has 0 unspecified atom stereocenters. The smallest absolute Gasteiger partial charge is 0.253 e. The fourth-order valence-electron chi connectivity index (χ4n) is 4.94. The van der Waals surface area contributed by atoms with E-state index in [4.69, 9.17) is 4.98 Å². The van der Waals surface area contributed by atoms with Crippen molar-refractivity contribution < 1.29 is 4.79 Å². The van der Waals surface area contributed by atoms with Crippen molar-refractivity contribution in [1.29, 1.82) is 0 Å². The Morgan fingerprint density at radius 3 is 2.83 bits per heavy atom. The highest BCUT2D eigenvalue weighted by Crippen LogP contribution is 2.26. The van der Waals surface area contributed by atoms with Crippen LogP contribution in [0.4, 0.5) is 0 Å². The fourth-order valence-corrected chi connectivity index (χ4v) is 4.94. The molecule has 7 nitrogen and oxygen atoms in total. The molecule has 0 bridgehead atoms. The van der Waals surface area contributed by atoms with Gasteiger partial charge < -0.3 is 9.80 Å². The van der Waals surface area contributed by atoms with E-state index >= 15 is 0 Å². The number of fused-ring (bicyclic) bond motifs is 1. The molecule has 160 valence electrons. The summed E-state index contributed by atoms with van der Waals surface area (Å²) in [5.41, 5.74) is 0.987. The van der Waals surface area contributed by atoms with E-state index in [9.17, 15) is 9.59 Å². The van der Waals surface area contributed by atoms with Gasteiger partial charge in [0.25, 0.3) is 5.56 Å². The van der Waals surface area contributed by atoms with Gasteiger partial charge in [0.15, 0.2) is 0 Å². The molecule has 0 aliphatic carbocycles. The lowest BCUT2D eigenvalue weighted by Crippen LogP contribution is -2.45. The van der Waals surface area contributed by atoms with Crippen molar-refractivity contribution in [2.75, 3.05) is 52.9 Å². The average molecular weight is 402 g/mol. The predicted octanol–water partition coefficient (Wildman–Crippen LogP) is 1.31. The van der Waals surface area contributed by atoms with E-state index in [1.807, 2.05) is 9.47 Å². The van der Waals surface area contributed by atoms with Gasteiger partial charge in [0.05, 0.1) is 12.2 Å². The summed E-state index contributed by atoms with van der Waals surface area (Å²) < 4.78 is 1.86. The maximum atomic E-state index is 13.0. The average Bonchev–Trinajstić information content (AvgIpc) is 3.08. The first-order valence-electron chi connectivity index (χ1n) is 11.4. The molecule has 0 spiro atoms. The minimum atomic E-state index is 0.0871. The van der Waals surface area contributed by atoms with Gasteiger partial charge in [-0.1, -0.05) is 6.42 Å². The molecule has 1 atom stereocenters. The number of amides is 1. The van der Waals surface area contributed by atoms with Gasteiger partial charge in [0.1, 0.15) is 5.82 Å². The normalized spacial score (nSPS) is 24.6. The number of carbonyl (C=O) groups excluding carboxylic acids is 1. The van der Waals surface area contributed by atoms with Crippen molar-refractivity contribution in [2.24, 2.45) is 0 Å². The number of rotatable bonds is 3. The molecular weight excluding hydrogens is 366 g/mol. The highest BCUT2D eigenvalue weighted by atomic mass is 16.2. The molecule has 3 aliphatic heterocycles. The number of aromatic nitrogens is 2. The highest BCUT2D eigenvalue weighted by molar-refractivity contribution is 5.78. The minimum Gasteiger partial charge on any atom is -0.341 e. The molecular formula is C22H35N5O2. The van der Waals surface area contributed by atoms with Gasteiger partial charge in [-0.05, 0) is 52.2 Å². The first kappa shape index (κ1) is 20.5. The molecule has 29 heavy (non-hydrogen) atoms. The summed E-state index contributed by atoms with van der Waals surface area (Å²) >= 11 is 0. The van der Waals surface area contributed by atoms with Crippen LogP contribution in [0.15, 0.2) is 10.9 Å². The lowest BCUT2D eigenvalue weighted by Gasteiger charge is -2.34. The molecule has 4 rings (SSSR count). The Labute approximate surface area is 173 Å². The van der Waals surface area contributed by atoms with E-state index in [-0.39, 0.29) is 17.4 Å². The zero-order valence-electron chi connectivity index (χ0n) is 17.8. The lowest BCUT2D eigenvalue weighted by atomic mass is 9.94. The Morgan fingerprint density at radius 2 is 1.93 bits per heavy atom. The van der Waals surface area contributed by atoms with Gasteiger partial charge in [-0.25, -0.2) is 4.98 Å². The monoisotopic (exact) mass is 401 g/mol. The molecule has 0 radical (unpaired) electrons. The number of carbonyl (C=O) groups is 1. The summed E-state index contributed by atoms with van der Waals surface area (Å²) in [4.78, 5) is 37.2. The quantitative estimate of drug-likeness (QED) is 0.764. The second kappa shape index (κ2) is 9.39. The Kier molecular flexibility index (Phi) is 6.65. The third-order valence-electron chi connectivity index (χ3n) is 6.75. The molecule has 4 heterocycles. The van der Waals surface area contributed by atoms with E-state index in [1.54, 1.807) is 6.07 Å². The van der Waals surface area contributed by atoms with Crippen LogP contribution in [0.2, 0.25) is 0 Å². The molecule has 0 N–H and O–H groups in total. The molecule has 3 aliphatic rings. The van der Waals surface area contributed by atoms with Crippen LogP contribution in [0, 0.1) is 0 Å². The number of hydrogen-bond donors (Lipinski definition) is 0. The molecule has 7 heteroatoms. The summed E-state index contributed by atoms with van der Waals surface area (Å²) in [5, 5.41) is 0. The zero-order chi connectivity index (χ0) is 20.2. The van der Waals surface area contributed by atoms with Gasteiger partial charge in [-0.3, -0.25) is 19.1 Å². The fraction of sp³-hybridized carbons (Fsp3) is 0.773. The van der Waals surface area contributed by atoms with Crippen molar-refractivity contribution in [3.05, 3.63) is 27.9 Å². The first-order valence-corrected chi connectivity index (χ1v) is 11.4. The lowest BCUT2D eigenvalue weighted by molar-refractivity contribution is -0.133. The molecule has 2 fully saturated rings. The summed E-state index contributed by atoms with van der Waals surface area (Å²) in [6.45, 7) is 6.92. The van der Waals surface area contributed by atoms with E-state index in [2.05, 4.69) is 16.8 Å². The molecule has 1 aromatic rings. The Morgan fingerprint density at radius 1 is 1.03 bits per heavy atom. The van der Waals surface area contributed by atoms with Crippen molar-refractivity contribution in [2.45, 2.75) is 57.4 Å². The van der Waals surface area contributed by atoms with Gasteiger partial charge in [-0.15, -0.1) is 0 Å². The van der Waals surface area contributed by atoms with Crippen LogP contribution in [0.25, 0.3) is 0 Å². The number of nitrogens with zero attached hydrogens (tertiary/aromatic N) is 5. The Bertz CT molecular complexity index is 777. The summed E-state index contributed by atoms with van der Waals surface area (Å²) in [7, 11) is 2.15. The highest BCUT2D eigenvalue weighted by Gasteiger charge is 2.28. The van der Waals surface area contributed by atoms with Crippen LogP contribution in [0.5, 0.6) is 0 Å². The van der Waals surface area contributed by atoms with Crippen molar-refractivity contribution in [3.63, 3.8) is 0 Å². The number of aryl methyl sites for hydroxylation is 1. The number of likely N-dealkylation sites (tertiary alicyclic amines) is 1. The van der Waals surface area contributed by atoms with E-state index < -0.39 is 0 Å². The largest absolute Gasteiger partial charge is 0.341 e. The van der Waals surface area contributed by atoms with Crippen LogP contribution in [-0.2, 0) is 17.8 Å². The summed E-state index contributed by atoms with van der Waals surface area (Å²) in [6, 6.07) is 1.73. The van der Waals surface area contributed by atoms with Crippen molar-refractivity contribution >= 4 is 5.91 Å². The van der Waals surface area contributed by atoms with Crippen LogP contribution in [0.1, 0.15) is 56.0 Å². The maximum Gasteiger partial charge on any atom is 0.253 e. The van der Waals surface area contributed by atoms with Gasteiger partial charge in [-0.2, -0.15) is 0 Å². The zero-order valence-corrected chi connectivity index (χ0v) is 17.8. The van der Waals surface area contributed by atoms with Gasteiger partial charge >= 0.3 is 0 Å². The summed E-state index contributed by atoms with van der Waals surface area (Å²) in [6.07, 6.45) is 7.34. The SMILES string of the molecule is CN1CCCN(CC(=O)N2CCC[C@@H](c3cc(=O)n4c(n3)CCCCC4)C2)CC1. The Hall–Kier alpha value is -1.73. The standard InChI is InChI=1S/C22H35N5O2/c1-24-9-6-10-25(14-13-24)17-22(29)26-11-5-7-18(16-26)19-15-21(28)27-12-4-2-3-8-20(27)23-19/h15,18H,2-14,16-17H2,1H3/t18-/m1/s1. The van der Waals surface area contributed by atoms with E-state index in [0.717, 1.165) is 95.7 Å². The van der Waals surface area contributed by atoms with E-state index in [0.29, 0.717) is 13.1 Å². The molecule has 0 saturated carbocycles. The second-order valence-electron chi connectivity index (χ2n) is 9.01. The van der Waals surface area contributed by atoms with E-state index in [1.165, 1.54) is 0 Å². The van der Waals surface area contributed by atoms with Gasteiger partial charge in [0.2, 0.25) is 5.91 Å². The van der Waals surface area contributed by atoms with Gasteiger partial charge in [0, 0.05) is 51.1 Å². The number of hydrogen-bond acceptors (Lipinski definition) is 5. The third-order valence-corrected chi connectivity index (χ3v) is 6.75. The minimum absolute atomic E-state index is 0.0871. The molecule has 1 aromatic heterocycles. The third kappa shape index (κ3) is 5.07. The van der Waals surface area contributed by atoms with Crippen LogP contribution in [0.3, 0.4) is 0 Å². The van der Waals surface area contributed by atoms with Crippen LogP contribution in [-0.4, -0.2) is 83.0 Å². The molecule has 0 aromatic carbocycles. The molecule has 2 saturated heterocycles. The maximum absolute atomic E-state index is 13.0. The number of likely N-dealkylation sites (N-methyl/N-ethyl adjacent to an activating group) is 1. The summed E-state index contributed by atoms with van der Waals surface area (Å²) in [5.74, 6) is 1.36. The van der Waals surface area contributed by atoms with Crippen molar-refractivity contribution in [3.8, 4) is 0 Å². The van der Waals surface area contributed by atoms with Crippen LogP contribution >= 0.6 is 0 Å². The van der Waals surface area contributed by atoms with Crippen molar-refractivity contribution in [1.82, 2.24) is 24.3 Å². The topological polar surface area (TPSA) is 61.7 Å². The van der Waals surface area contributed by atoms with Crippen LogP contribution < -0.4 is 5.56 Å². The molecule has 1 amide bonds. The predicted molar refractivity (Wildman–Crippen MR) is 113 cm³/mol. The number of piperidine rings is 1. The Balaban J connectivity index is 1.42.